The van der Waals surface area contributed by atoms with Gasteiger partial charge in [-0.05, 0) is 19.0 Å². The van der Waals surface area contributed by atoms with Crippen LogP contribution in [0.4, 0.5) is 0 Å². The van der Waals surface area contributed by atoms with Crippen LogP contribution in [0.15, 0.2) is 18.5 Å². The second-order valence-corrected chi connectivity index (χ2v) is 3.47. The second kappa shape index (κ2) is 7.23. The highest BCUT2D eigenvalue weighted by Gasteiger charge is 2.01. The highest BCUT2D eigenvalue weighted by molar-refractivity contribution is 5.29. The lowest BCUT2D eigenvalue weighted by atomic mass is 10.2. The van der Waals surface area contributed by atoms with Crippen molar-refractivity contribution in [2.75, 3.05) is 13.2 Å². The molecule has 1 aromatic rings. The summed E-state index contributed by atoms with van der Waals surface area (Å²) in [5, 5.41) is 3.28. The highest BCUT2D eigenvalue weighted by Crippen LogP contribution is 2.16. The quantitative estimate of drug-likeness (QED) is 0.698. The summed E-state index contributed by atoms with van der Waals surface area (Å²) < 4.78 is 5.69. The minimum Gasteiger partial charge on any atom is -0.493 e. The van der Waals surface area contributed by atoms with Crippen molar-refractivity contribution in [1.29, 1.82) is 0 Å². The molecule has 0 unspecified atom stereocenters. The fraction of sp³-hybridized carbons (Fsp3) is 0.583. The molecule has 1 rings (SSSR count). The van der Waals surface area contributed by atoms with Crippen molar-refractivity contribution in [3.8, 4) is 5.75 Å². The van der Waals surface area contributed by atoms with Crippen LogP contribution < -0.4 is 10.1 Å². The molecule has 0 aliphatic carbocycles. The molecule has 0 atom stereocenters. The van der Waals surface area contributed by atoms with Gasteiger partial charge in [0.1, 0.15) is 5.75 Å². The van der Waals surface area contributed by atoms with Crippen molar-refractivity contribution < 1.29 is 4.74 Å². The third-order valence-electron chi connectivity index (χ3n) is 2.18. The molecule has 0 saturated heterocycles. The number of ether oxygens (including phenoxy) is 1. The molecule has 84 valence electrons. The molecule has 0 radical (unpaired) electrons. The topological polar surface area (TPSA) is 34.1 Å². The van der Waals surface area contributed by atoms with E-state index in [0.29, 0.717) is 0 Å². The number of aromatic nitrogens is 1. The van der Waals surface area contributed by atoms with Crippen LogP contribution in [0.25, 0.3) is 0 Å². The number of nitrogens with zero attached hydrogens (tertiary/aromatic N) is 1. The molecule has 1 N–H and O–H groups in total. The van der Waals surface area contributed by atoms with E-state index in [1.165, 1.54) is 0 Å². The lowest BCUT2D eigenvalue weighted by Crippen LogP contribution is -2.13. The molecule has 3 nitrogen and oxygen atoms in total. The molecule has 1 heterocycles. The van der Waals surface area contributed by atoms with Crippen molar-refractivity contribution in [1.82, 2.24) is 10.3 Å². The van der Waals surface area contributed by atoms with Crippen molar-refractivity contribution in [2.24, 2.45) is 0 Å². The van der Waals surface area contributed by atoms with Gasteiger partial charge in [0.2, 0.25) is 0 Å². The van der Waals surface area contributed by atoms with Crippen LogP contribution in [0.2, 0.25) is 0 Å². The maximum Gasteiger partial charge on any atom is 0.126 e. The molecule has 0 saturated carbocycles. The molecular formula is C12H20N2O. The summed E-state index contributed by atoms with van der Waals surface area (Å²) in [6.45, 7) is 6.83. The number of pyridine rings is 1. The van der Waals surface area contributed by atoms with Gasteiger partial charge in [0, 0.05) is 24.5 Å². The number of nitrogens with one attached hydrogen (secondary N) is 1. The molecule has 0 aliphatic heterocycles. The molecule has 15 heavy (non-hydrogen) atoms. The molecule has 3 heteroatoms. The number of hydrogen-bond donors (Lipinski definition) is 1. The van der Waals surface area contributed by atoms with Gasteiger partial charge in [-0.1, -0.05) is 20.3 Å². The van der Waals surface area contributed by atoms with Gasteiger partial charge in [0.25, 0.3) is 0 Å². The van der Waals surface area contributed by atoms with Crippen LogP contribution in [0.5, 0.6) is 5.75 Å². The van der Waals surface area contributed by atoms with Crippen molar-refractivity contribution in [3.05, 3.63) is 24.0 Å². The Morgan fingerprint density at radius 2 is 2.27 bits per heavy atom. The minimum absolute atomic E-state index is 0.791. The fourth-order valence-electron chi connectivity index (χ4n) is 1.27. The maximum atomic E-state index is 5.69. The standard InChI is InChI=1S/C12H20N2O/c1-3-5-8-15-12-6-7-14-10-11(12)9-13-4-2/h6-7,10,13H,3-5,8-9H2,1-2H3. The normalized spacial score (nSPS) is 10.3. The van der Waals surface area contributed by atoms with Crippen LogP contribution >= 0.6 is 0 Å². The van der Waals surface area contributed by atoms with E-state index in [1.807, 2.05) is 12.3 Å². The predicted octanol–water partition coefficient (Wildman–Crippen LogP) is 2.37. The van der Waals surface area contributed by atoms with Gasteiger partial charge in [-0.2, -0.15) is 0 Å². The van der Waals surface area contributed by atoms with E-state index in [0.717, 1.165) is 43.9 Å². The van der Waals surface area contributed by atoms with E-state index < -0.39 is 0 Å². The largest absolute Gasteiger partial charge is 0.493 e. The predicted molar refractivity (Wildman–Crippen MR) is 62.0 cm³/mol. The fourth-order valence-corrected chi connectivity index (χ4v) is 1.27. The zero-order chi connectivity index (χ0) is 10.9. The first-order chi connectivity index (χ1) is 7.38. The summed E-state index contributed by atoms with van der Waals surface area (Å²) in [4.78, 5) is 4.11. The zero-order valence-corrected chi connectivity index (χ0v) is 9.62. The minimum atomic E-state index is 0.791. The van der Waals surface area contributed by atoms with E-state index in [2.05, 4.69) is 24.1 Å². The molecule has 0 fully saturated rings. The Labute approximate surface area is 91.9 Å². The third kappa shape index (κ3) is 4.30. The summed E-state index contributed by atoms with van der Waals surface area (Å²) in [5.41, 5.74) is 1.13. The smallest absolute Gasteiger partial charge is 0.126 e. The van der Waals surface area contributed by atoms with Crippen LogP contribution in [-0.2, 0) is 6.54 Å². The van der Waals surface area contributed by atoms with Gasteiger partial charge in [-0.3, -0.25) is 4.98 Å². The van der Waals surface area contributed by atoms with Crippen molar-refractivity contribution in [3.63, 3.8) is 0 Å². The van der Waals surface area contributed by atoms with Gasteiger partial charge < -0.3 is 10.1 Å². The number of rotatable bonds is 7. The number of hydrogen-bond acceptors (Lipinski definition) is 3. The average Bonchev–Trinajstić information content (AvgIpc) is 2.28. The van der Waals surface area contributed by atoms with Crippen LogP contribution in [0, 0.1) is 0 Å². The maximum absolute atomic E-state index is 5.69. The molecule has 0 spiro atoms. The molecule has 1 aromatic heterocycles. The summed E-state index contributed by atoms with van der Waals surface area (Å²) in [6.07, 6.45) is 5.90. The third-order valence-corrected chi connectivity index (χ3v) is 2.18. The second-order valence-electron chi connectivity index (χ2n) is 3.47. The molecule has 0 bridgehead atoms. The SMILES string of the molecule is CCCCOc1ccncc1CNCC. The van der Waals surface area contributed by atoms with Crippen LogP contribution in [0.3, 0.4) is 0 Å². The van der Waals surface area contributed by atoms with Crippen LogP contribution in [0.1, 0.15) is 32.3 Å². The Morgan fingerprint density at radius 1 is 1.40 bits per heavy atom. The molecule has 0 aliphatic rings. The Balaban J connectivity index is 2.52. The lowest BCUT2D eigenvalue weighted by molar-refractivity contribution is 0.305. The van der Waals surface area contributed by atoms with Gasteiger partial charge in [-0.15, -0.1) is 0 Å². The Morgan fingerprint density at radius 3 is 3.00 bits per heavy atom. The van der Waals surface area contributed by atoms with Gasteiger partial charge in [-0.25, -0.2) is 0 Å². The van der Waals surface area contributed by atoms with E-state index in [-0.39, 0.29) is 0 Å². The summed E-state index contributed by atoms with van der Waals surface area (Å²) in [5.74, 6) is 0.958. The van der Waals surface area contributed by atoms with E-state index >= 15 is 0 Å². The zero-order valence-electron chi connectivity index (χ0n) is 9.62. The summed E-state index contributed by atoms with van der Waals surface area (Å²) >= 11 is 0. The Bertz CT molecular complexity index is 276. The molecule has 0 aromatic carbocycles. The molecular weight excluding hydrogens is 188 g/mol. The Kier molecular flexibility index (Phi) is 5.78. The van der Waals surface area contributed by atoms with Crippen molar-refractivity contribution in [2.45, 2.75) is 33.2 Å². The first-order valence-electron chi connectivity index (χ1n) is 5.64. The van der Waals surface area contributed by atoms with Crippen LogP contribution in [-0.4, -0.2) is 18.1 Å². The average molecular weight is 208 g/mol. The molecule has 0 amide bonds. The summed E-state index contributed by atoms with van der Waals surface area (Å²) in [6, 6.07) is 1.93. The first kappa shape index (κ1) is 12.0. The van der Waals surface area contributed by atoms with Gasteiger partial charge in [0.05, 0.1) is 6.61 Å². The van der Waals surface area contributed by atoms with E-state index in [1.54, 1.807) is 6.20 Å². The summed E-state index contributed by atoms with van der Waals surface area (Å²) in [7, 11) is 0. The van der Waals surface area contributed by atoms with Gasteiger partial charge >= 0.3 is 0 Å². The highest BCUT2D eigenvalue weighted by atomic mass is 16.5. The monoisotopic (exact) mass is 208 g/mol. The first-order valence-corrected chi connectivity index (χ1v) is 5.64. The Hall–Kier alpha value is -1.09. The van der Waals surface area contributed by atoms with Crippen molar-refractivity contribution >= 4 is 0 Å². The van der Waals surface area contributed by atoms with E-state index in [4.69, 9.17) is 4.74 Å². The van der Waals surface area contributed by atoms with E-state index in [9.17, 15) is 0 Å². The van der Waals surface area contributed by atoms with Gasteiger partial charge in [0.15, 0.2) is 0 Å². The lowest BCUT2D eigenvalue weighted by Gasteiger charge is -2.10. The number of unbranched alkanes of at least 4 members (excludes halogenated alkanes) is 1.